The standard InChI is InChI=1S/C35H32O9/c1-3-13-41-26-9-10-28-22(15-26)16-30(34(38)39)35(28,23-7-12-31-32(17-23)44-20-43-31)29-11-8-24(40-2)18-27(29)21-5-4-6-25(14-21)42-19-33(36)37/h4-12,14-15,17-18,30H,3,13,16,19-20H2,1-2H3,(H,36,37)(H,38,39). The average Bonchev–Trinajstić information content (AvgIpc) is 3.65. The summed E-state index contributed by atoms with van der Waals surface area (Å²) in [6.45, 7) is 2.18. The van der Waals surface area contributed by atoms with Crippen LogP contribution in [0.5, 0.6) is 28.7 Å². The maximum absolute atomic E-state index is 13.3. The molecule has 1 aliphatic heterocycles. The lowest BCUT2D eigenvalue weighted by Gasteiger charge is -2.38. The highest BCUT2D eigenvalue weighted by Crippen LogP contribution is 2.57. The largest absolute Gasteiger partial charge is 0.497 e. The van der Waals surface area contributed by atoms with Crippen LogP contribution < -0.4 is 23.7 Å². The van der Waals surface area contributed by atoms with E-state index in [0.717, 1.165) is 28.7 Å². The number of methoxy groups -OCH3 is 1. The second-order valence-corrected chi connectivity index (χ2v) is 10.8. The van der Waals surface area contributed by atoms with Gasteiger partial charge >= 0.3 is 11.9 Å². The van der Waals surface area contributed by atoms with Crippen molar-refractivity contribution in [3.63, 3.8) is 0 Å². The zero-order valence-electron chi connectivity index (χ0n) is 24.4. The number of carbonyl (C=O) groups is 2. The van der Waals surface area contributed by atoms with Crippen molar-refractivity contribution in [2.45, 2.75) is 25.2 Å². The highest BCUT2D eigenvalue weighted by molar-refractivity contribution is 5.84. The lowest BCUT2D eigenvalue weighted by Crippen LogP contribution is -2.39. The third-order valence-corrected chi connectivity index (χ3v) is 8.21. The van der Waals surface area contributed by atoms with Crippen LogP contribution in [0.4, 0.5) is 0 Å². The van der Waals surface area contributed by atoms with Crippen LogP contribution in [-0.4, -0.2) is 49.3 Å². The van der Waals surface area contributed by atoms with E-state index in [1.807, 2.05) is 67.6 Å². The lowest BCUT2D eigenvalue weighted by atomic mass is 9.63. The first-order chi connectivity index (χ1) is 21.3. The minimum absolute atomic E-state index is 0.0831. The molecular weight excluding hydrogens is 564 g/mol. The van der Waals surface area contributed by atoms with E-state index >= 15 is 0 Å². The van der Waals surface area contributed by atoms with Crippen molar-refractivity contribution >= 4 is 11.9 Å². The van der Waals surface area contributed by atoms with Crippen LogP contribution in [0.3, 0.4) is 0 Å². The molecule has 4 aromatic carbocycles. The first-order valence-corrected chi connectivity index (χ1v) is 14.4. The first-order valence-electron chi connectivity index (χ1n) is 14.4. The van der Waals surface area contributed by atoms with E-state index in [2.05, 4.69) is 0 Å². The van der Waals surface area contributed by atoms with Crippen LogP contribution in [0.1, 0.15) is 35.6 Å². The van der Waals surface area contributed by atoms with E-state index in [9.17, 15) is 14.7 Å². The van der Waals surface area contributed by atoms with Crippen molar-refractivity contribution in [3.05, 3.63) is 101 Å². The van der Waals surface area contributed by atoms with Crippen molar-refractivity contribution < 1.29 is 43.5 Å². The molecule has 2 atom stereocenters. The molecule has 2 aliphatic rings. The topological polar surface area (TPSA) is 121 Å². The molecule has 0 saturated carbocycles. The summed E-state index contributed by atoms with van der Waals surface area (Å²) in [5.41, 5.74) is 3.46. The fourth-order valence-corrected chi connectivity index (χ4v) is 6.38. The number of hydrogen-bond donors (Lipinski definition) is 2. The molecule has 2 unspecified atom stereocenters. The van der Waals surface area contributed by atoms with Gasteiger partial charge in [-0.05, 0) is 94.8 Å². The van der Waals surface area contributed by atoms with Crippen molar-refractivity contribution in [3.8, 4) is 39.9 Å². The summed E-state index contributed by atoms with van der Waals surface area (Å²) < 4.78 is 28.4. The predicted molar refractivity (Wildman–Crippen MR) is 161 cm³/mol. The number of ether oxygens (including phenoxy) is 5. The Labute approximate surface area is 254 Å². The van der Waals surface area contributed by atoms with Crippen molar-refractivity contribution in [1.29, 1.82) is 0 Å². The van der Waals surface area contributed by atoms with Crippen LogP contribution in [-0.2, 0) is 21.4 Å². The Balaban J connectivity index is 1.64. The van der Waals surface area contributed by atoms with Crippen molar-refractivity contribution in [1.82, 2.24) is 0 Å². The van der Waals surface area contributed by atoms with Gasteiger partial charge in [0.25, 0.3) is 0 Å². The van der Waals surface area contributed by atoms with Gasteiger partial charge in [-0.25, -0.2) is 4.79 Å². The summed E-state index contributed by atoms with van der Waals surface area (Å²) >= 11 is 0. The second-order valence-electron chi connectivity index (χ2n) is 10.8. The maximum atomic E-state index is 13.3. The van der Waals surface area contributed by atoms with Gasteiger partial charge in [-0.2, -0.15) is 0 Å². The van der Waals surface area contributed by atoms with E-state index in [1.165, 1.54) is 0 Å². The molecule has 6 rings (SSSR count). The molecule has 4 aromatic rings. The molecule has 0 bridgehead atoms. The molecule has 1 aliphatic carbocycles. The fraction of sp³-hybridized carbons (Fsp3) is 0.257. The molecule has 0 amide bonds. The highest BCUT2D eigenvalue weighted by atomic mass is 16.7. The minimum atomic E-state index is -1.16. The summed E-state index contributed by atoms with van der Waals surface area (Å²) in [5.74, 6) is -0.155. The molecule has 2 N–H and O–H groups in total. The number of benzene rings is 4. The number of carboxylic acid groups (broad SMARTS) is 2. The van der Waals surface area contributed by atoms with Gasteiger partial charge in [-0.1, -0.05) is 37.3 Å². The van der Waals surface area contributed by atoms with E-state index in [-0.39, 0.29) is 13.2 Å². The van der Waals surface area contributed by atoms with Crippen molar-refractivity contribution in [2.24, 2.45) is 5.92 Å². The van der Waals surface area contributed by atoms with Crippen LogP contribution in [0.2, 0.25) is 0 Å². The smallest absolute Gasteiger partial charge is 0.341 e. The Bertz CT molecular complexity index is 1730. The Morgan fingerprint density at radius 3 is 2.41 bits per heavy atom. The van der Waals surface area contributed by atoms with Crippen LogP contribution in [0, 0.1) is 5.92 Å². The minimum Gasteiger partial charge on any atom is -0.497 e. The summed E-state index contributed by atoms with van der Waals surface area (Å²) in [6.07, 6.45) is 1.12. The number of hydrogen-bond acceptors (Lipinski definition) is 7. The second kappa shape index (κ2) is 11.8. The van der Waals surface area contributed by atoms with Gasteiger partial charge in [0, 0.05) is 0 Å². The quantitative estimate of drug-likeness (QED) is 0.217. The molecule has 9 nitrogen and oxygen atoms in total. The molecule has 0 saturated heterocycles. The molecule has 226 valence electrons. The third-order valence-electron chi connectivity index (χ3n) is 8.21. The third kappa shape index (κ3) is 5.04. The van der Waals surface area contributed by atoms with Gasteiger partial charge < -0.3 is 33.9 Å². The van der Waals surface area contributed by atoms with Crippen LogP contribution >= 0.6 is 0 Å². The van der Waals surface area contributed by atoms with Crippen LogP contribution in [0.25, 0.3) is 11.1 Å². The zero-order chi connectivity index (χ0) is 30.8. The molecule has 0 aromatic heterocycles. The molecule has 0 radical (unpaired) electrons. The van der Waals surface area contributed by atoms with E-state index in [1.54, 1.807) is 25.3 Å². The summed E-state index contributed by atoms with van der Waals surface area (Å²) in [7, 11) is 1.57. The zero-order valence-corrected chi connectivity index (χ0v) is 24.4. The molecule has 1 heterocycles. The Morgan fingerprint density at radius 2 is 1.64 bits per heavy atom. The van der Waals surface area contributed by atoms with E-state index in [4.69, 9.17) is 28.8 Å². The molecule has 9 heteroatoms. The highest BCUT2D eigenvalue weighted by Gasteiger charge is 2.54. The maximum Gasteiger partial charge on any atom is 0.341 e. The van der Waals surface area contributed by atoms with Gasteiger partial charge in [0.1, 0.15) is 17.2 Å². The average molecular weight is 597 g/mol. The van der Waals surface area contributed by atoms with Gasteiger partial charge in [0.05, 0.1) is 25.0 Å². The predicted octanol–water partition coefficient (Wildman–Crippen LogP) is 5.93. The SMILES string of the molecule is CCCOc1ccc2c(c1)CC(C(=O)O)C2(c1ccc2c(c1)OCO2)c1ccc(OC)cc1-c1cccc(OCC(=O)O)c1. The number of aliphatic carboxylic acids is 2. The summed E-state index contributed by atoms with van der Waals surface area (Å²) in [6, 6.07) is 24.1. The van der Waals surface area contributed by atoms with E-state index in [0.29, 0.717) is 46.5 Å². The molecule has 44 heavy (non-hydrogen) atoms. The number of fused-ring (bicyclic) bond motifs is 2. The van der Waals surface area contributed by atoms with Gasteiger partial charge in [0.15, 0.2) is 18.1 Å². The normalized spacial score (nSPS) is 18.0. The Kier molecular flexibility index (Phi) is 7.78. The number of rotatable bonds is 11. The van der Waals surface area contributed by atoms with Crippen LogP contribution in [0.15, 0.2) is 78.9 Å². The molecular formula is C35H32O9. The summed E-state index contributed by atoms with van der Waals surface area (Å²) in [4.78, 5) is 24.5. The lowest BCUT2D eigenvalue weighted by molar-refractivity contribution is -0.143. The van der Waals surface area contributed by atoms with Gasteiger partial charge in [-0.3, -0.25) is 4.79 Å². The van der Waals surface area contributed by atoms with Gasteiger partial charge in [0.2, 0.25) is 6.79 Å². The Hall–Kier alpha value is -5.18. The Morgan fingerprint density at radius 1 is 0.864 bits per heavy atom. The van der Waals surface area contributed by atoms with Crippen molar-refractivity contribution in [2.75, 3.05) is 27.1 Å². The summed E-state index contributed by atoms with van der Waals surface area (Å²) in [5, 5.41) is 20.0. The van der Waals surface area contributed by atoms with E-state index < -0.39 is 29.9 Å². The molecule has 0 fully saturated rings. The van der Waals surface area contributed by atoms with Gasteiger partial charge in [-0.15, -0.1) is 0 Å². The fourth-order valence-electron chi connectivity index (χ4n) is 6.38. The molecule has 0 spiro atoms. The monoisotopic (exact) mass is 596 g/mol. The first kappa shape index (κ1) is 28.9. The number of carboxylic acids is 2.